The third-order valence-electron chi connectivity index (χ3n) is 5.85. The van der Waals surface area contributed by atoms with Crippen molar-refractivity contribution in [1.82, 2.24) is 4.90 Å². The first-order valence-electron chi connectivity index (χ1n) is 8.87. The summed E-state index contributed by atoms with van der Waals surface area (Å²) in [7, 11) is 0. The van der Waals surface area contributed by atoms with Crippen LogP contribution in [0, 0.1) is 27.6 Å². The lowest BCUT2D eigenvalue weighted by molar-refractivity contribution is -0.148. The van der Waals surface area contributed by atoms with Crippen LogP contribution in [0.5, 0.6) is 0 Å². The molecular weight excluding hydrogens is 294 g/mol. The van der Waals surface area contributed by atoms with Crippen LogP contribution in [0.15, 0.2) is 0 Å². The molecule has 1 saturated heterocycles. The van der Waals surface area contributed by atoms with Gasteiger partial charge in [0.05, 0.1) is 0 Å². The molecule has 1 saturated carbocycles. The third-order valence-corrected chi connectivity index (χ3v) is 5.85. The summed E-state index contributed by atoms with van der Waals surface area (Å²) in [5, 5.41) is 0. The second kappa shape index (κ2) is 7.79. The van der Waals surface area contributed by atoms with Gasteiger partial charge < -0.3 is 4.90 Å². The monoisotopic (exact) mass is 341 g/mol. The van der Waals surface area contributed by atoms with E-state index in [4.69, 9.17) is 0 Å². The molecule has 0 spiro atoms. The highest BCUT2D eigenvalue weighted by molar-refractivity contribution is 5.82. The zero-order valence-electron chi connectivity index (χ0n) is 16.8. The second-order valence-electron chi connectivity index (χ2n) is 10.8. The van der Waals surface area contributed by atoms with Crippen LogP contribution in [0.3, 0.4) is 0 Å². The maximum atomic E-state index is 11.8. The van der Waals surface area contributed by atoms with Crippen LogP contribution in [0.4, 0.5) is 0 Å². The Labute approximate surface area is 153 Å². The highest BCUT2D eigenvalue weighted by Gasteiger charge is 2.47. The smallest absolute Gasteiger partial charge is 0.227 e. The zero-order chi connectivity index (χ0) is 17.6. The Morgan fingerprint density at radius 1 is 0.875 bits per heavy atom. The number of likely N-dealkylation sites (tertiary alicyclic amines) is 1. The van der Waals surface area contributed by atoms with E-state index in [1.807, 2.05) is 25.7 Å². The number of carbonyl (C=O) groups is 1. The highest BCUT2D eigenvalue weighted by atomic mass is 16.2. The maximum Gasteiger partial charge on any atom is 0.227 e. The van der Waals surface area contributed by atoms with Crippen molar-refractivity contribution in [2.24, 2.45) is 27.6 Å². The number of hydrogen-bond donors (Lipinski definition) is 0. The molecule has 2 rings (SSSR count). The normalized spacial score (nSPS) is 19.8. The van der Waals surface area contributed by atoms with Crippen LogP contribution in [-0.2, 0) is 4.79 Å². The van der Waals surface area contributed by atoms with Gasteiger partial charge in [0.1, 0.15) is 0 Å². The van der Waals surface area contributed by atoms with Crippen LogP contribution >= 0.6 is 0 Å². The number of hydrogen-bond acceptors (Lipinski definition) is 1. The summed E-state index contributed by atoms with van der Waals surface area (Å²) in [5.41, 5.74) is 1.36. The van der Waals surface area contributed by atoms with Gasteiger partial charge in [0.15, 0.2) is 0 Å². The summed E-state index contributed by atoms with van der Waals surface area (Å²) < 4.78 is 0. The molecule has 1 aliphatic heterocycles. The summed E-state index contributed by atoms with van der Waals surface area (Å²) in [6.07, 6.45) is 2.88. The first-order valence-corrected chi connectivity index (χ1v) is 8.87. The Morgan fingerprint density at radius 3 is 1.42 bits per heavy atom. The van der Waals surface area contributed by atoms with Crippen molar-refractivity contribution in [3.8, 4) is 0 Å². The Morgan fingerprint density at radius 2 is 1.25 bits per heavy atom. The van der Waals surface area contributed by atoms with Crippen molar-refractivity contribution in [2.75, 3.05) is 13.1 Å². The van der Waals surface area contributed by atoms with E-state index in [1.165, 1.54) is 12.8 Å². The van der Waals surface area contributed by atoms with Crippen molar-refractivity contribution in [1.29, 1.82) is 0 Å². The van der Waals surface area contributed by atoms with Crippen molar-refractivity contribution in [3.05, 3.63) is 0 Å². The minimum absolute atomic E-state index is 0. The average Bonchev–Trinajstić information content (AvgIpc) is 2.91. The van der Waals surface area contributed by atoms with Crippen molar-refractivity contribution in [3.63, 3.8) is 0 Å². The molecule has 0 radical (unpaired) electrons. The van der Waals surface area contributed by atoms with Gasteiger partial charge in [-0.15, -0.1) is 0 Å². The van der Waals surface area contributed by atoms with E-state index in [0.29, 0.717) is 22.2 Å². The summed E-state index contributed by atoms with van der Waals surface area (Å²) in [4.78, 5) is 13.8. The Kier molecular flexibility index (Phi) is 8.34. The van der Waals surface area contributed by atoms with Crippen molar-refractivity contribution < 1.29 is 4.79 Å². The Balaban J connectivity index is 0. The van der Waals surface area contributed by atoms with E-state index in [0.717, 1.165) is 13.1 Å². The van der Waals surface area contributed by atoms with Crippen LogP contribution in [-0.4, -0.2) is 23.9 Å². The zero-order valence-corrected chi connectivity index (χ0v) is 16.8. The number of nitrogens with zero attached hydrogens (tertiary/aromatic N) is 1. The first kappa shape index (κ1) is 25.7. The van der Waals surface area contributed by atoms with E-state index in [9.17, 15) is 4.79 Å². The van der Waals surface area contributed by atoms with Gasteiger partial charge in [0, 0.05) is 18.5 Å². The fourth-order valence-corrected chi connectivity index (χ4v) is 2.60. The minimum atomic E-state index is -0.219. The Bertz CT molecular complexity index is 390. The van der Waals surface area contributed by atoms with Gasteiger partial charge in [0.2, 0.25) is 5.91 Å². The minimum Gasteiger partial charge on any atom is -0.342 e. The molecule has 2 aliphatic rings. The first-order chi connectivity index (χ1) is 9.58. The van der Waals surface area contributed by atoms with E-state index < -0.39 is 0 Å². The lowest BCUT2D eigenvalue weighted by Gasteiger charge is -2.48. The summed E-state index contributed by atoms with van der Waals surface area (Å²) in [6.45, 7) is 24.0. The topological polar surface area (TPSA) is 20.3 Å². The van der Waals surface area contributed by atoms with Crippen molar-refractivity contribution >= 4 is 5.91 Å². The van der Waals surface area contributed by atoms with Gasteiger partial charge >= 0.3 is 0 Å². The van der Waals surface area contributed by atoms with Crippen LogP contribution in [0.25, 0.3) is 0 Å². The lowest BCUT2D eigenvalue weighted by Crippen LogP contribution is -2.57. The third kappa shape index (κ3) is 6.41. The molecule has 0 N–H and O–H groups in total. The van der Waals surface area contributed by atoms with Gasteiger partial charge in [-0.2, -0.15) is 0 Å². The molecular formula is C22H47NO. The summed E-state index contributed by atoms with van der Waals surface area (Å²) in [5.74, 6) is 0.965. The molecule has 2 heteroatoms. The fraction of sp³-hybridized carbons (Fsp3) is 0.955. The number of carbonyl (C=O) groups excluding carboxylic acids is 1. The molecule has 1 amide bonds. The van der Waals surface area contributed by atoms with Crippen LogP contribution < -0.4 is 0 Å². The van der Waals surface area contributed by atoms with Crippen molar-refractivity contribution in [2.45, 2.75) is 96.9 Å². The molecule has 2 nitrogen and oxygen atoms in total. The van der Waals surface area contributed by atoms with Gasteiger partial charge in [-0.1, -0.05) is 84.1 Å². The molecule has 146 valence electrons. The molecule has 0 unspecified atom stereocenters. The van der Waals surface area contributed by atoms with Crippen LogP contribution in [0.2, 0.25) is 0 Å². The van der Waals surface area contributed by atoms with Gasteiger partial charge in [-0.05, 0) is 35.0 Å². The summed E-state index contributed by atoms with van der Waals surface area (Å²) >= 11 is 0. The van der Waals surface area contributed by atoms with E-state index >= 15 is 0 Å². The largest absolute Gasteiger partial charge is 0.342 e. The number of rotatable bonds is 0. The molecule has 0 aromatic carbocycles. The molecule has 1 heterocycles. The van der Waals surface area contributed by atoms with E-state index in [2.05, 4.69) is 48.5 Å². The standard InChI is InChI=1S/C12H23NO.C8H16.2CH4/c1-11(2,3)9-7-13(8-9)10(14)12(4,5)6;1-7(2,3)8(4)5-6-8;;/h9H,7-8H2,1-6H3;5-6H2,1-4H3;2*1H4. The van der Waals surface area contributed by atoms with Gasteiger partial charge in [-0.25, -0.2) is 0 Å². The number of amides is 1. The Hall–Kier alpha value is -0.530. The highest BCUT2D eigenvalue weighted by Crippen LogP contribution is 2.57. The molecule has 2 fully saturated rings. The predicted molar refractivity (Wildman–Crippen MR) is 109 cm³/mol. The van der Waals surface area contributed by atoms with Gasteiger partial charge in [0.25, 0.3) is 0 Å². The average molecular weight is 342 g/mol. The SMILES string of the molecule is C.C.CC(C)(C)C(=O)N1CC(C(C)(C)C)C1.CC(C)(C)C1(C)CC1. The van der Waals surface area contributed by atoms with E-state index in [-0.39, 0.29) is 26.2 Å². The molecule has 0 bridgehead atoms. The maximum absolute atomic E-state index is 11.8. The molecule has 0 aromatic rings. The summed E-state index contributed by atoms with van der Waals surface area (Å²) in [6, 6.07) is 0. The van der Waals surface area contributed by atoms with Gasteiger partial charge in [-0.3, -0.25) is 4.79 Å². The quantitative estimate of drug-likeness (QED) is 0.483. The molecule has 24 heavy (non-hydrogen) atoms. The predicted octanol–water partition coefficient (Wildman–Crippen LogP) is 6.64. The second-order valence-corrected chi connectivity index (χ2v) is 10.8. The molecule has 1 aliphatic carbocycles. The molecule has 0 atom stereocenters. The molecule has 0 aromatic heterocycles. The fourth-order valence-electron chi connectivity index (χ4n) is 2.60. The lowest BCUT2D eigenvalue weighted by atomic mass is 9.75. The van der Waals surface area contributed by atoms with E-state index in [1.54, 1.807) is 0 Å². The van der Waals surface area contributed by atoms with Crippen LogP contribution in [0.1, 0.15) is 96.9 Å².